The van der Waals surface area contributed by atoms with Gasteiger partial charge in [-0.05, 0) is 37.1 Å². The van der Waals surface area contributed by atoms with Crippen LogP contribution in [-0.2, 0) is 4.79 Å². The smallest absolute Gasteiger partial charge is 0.207 e. The maximum atomic E-state index is 11.9. The summed E-state index contributed by atoms with van der Waals surface area (Å²) in [6.07, 6.45) is -0.251. The number of benzene rings is 1. The Labute approximate surface area is 117 Å². The molecule has 0 bridgehead atoms. The molecule has 0 heterocycles. The Kier molecular flexibility index (Phi) is 3.78. The van der Waals surface area contributed by atoms with Crippen LogP contribution in [0.25, 0.3) is 0 Å². The molecule has 0 fully saturated rings. The van der Waals surface area contributed by atoms with E-state index < -0.39 is 24.1 Å². The minimum Gasteiger partial charge on any atom is -0.393 e. The number of carbonyl (C=O) groups is 1. The van der Waals surface area contributed by atoms with Crippen LogP contribution in [0.2, 0.25) is 0 Å². The van der Waals surface area contributed by atoms with E-state index >= 15 is 0 Å². The van der Waals surface area contributed by atoms with Crippen molar-refractivity contribution in [2.24, 2.45) is 0 Å². The molecule has 3 N–H and O–H groups in total. The van der Waals surface area contributed by atoms with Crippen LogP contribution in [0.1, 0.15) is 16.7 Å². The van der Waals surface area contributed by atoms with Gasteiger partial charge in [0.1, 0.15) is 6.10 Å². The lowest BCUT2D eigenvalue weighted by molar-refractivity contribution is -0.144. The van der Waals surface area contributed by atoms with E-state index in [1.54, 1.807) is 0 Å². The van der Waals surface area contributed by atoms with E-state index in [2.05, 4.69) is 11.8 Å². The van der Waals surface area contributed by atoms with Crippen molar-refractivity contribution in [2.45, 2.75) is 25.6 Å². The average Bonchev–Trinajstić information content (AvgIpc) is 2.64. The number of ketones is 1. The van der Waals surface area contributed by atoms with Gasteiger partial charge in [-0.2, -0.15) is 0 Å². The molecule has 4 heteroatoms. The molecule has 0 saturated heterocycles. The van der Waals surface area contributed by atoms with Crippen molar-refractivity contribution < 1.29 is 20.1 Å². The summed E-state index contributed by atoms with van der Waals surface area (Å²) in [5.41, 5.74) is 0.680. The van der Waals surface area contributed by atoms with Gasteiger partial charge < -0.3 is 15.3 Å². The Morgan fingerprint density at radius 2 is 2.00 bits per heavy atom. The molecule has 1 aliphatic carbocycles. The van der Waals surface area contributed by atoms with Crippen LogP contribution < -0.4 is 0 Å². The molecule has 0 spiro atoms. The fourth-order valence-electron chi connectivity index (χ4n) is 2.01. The van der Waals surface area contributed by atoms with Gasteiger partial charge in [0.2, 0.25) is 5.78 Å². The summed E-state index contributed by atoms with van der Waals surface area (Å²) in [7, 11) is 0. The maximum Gasteiger partial charge on any atom is 0.207 e. The molecule has 1 aliphatic rings. The molecule has 2 atom stereocenters. The summed E-state index contributed by atoms with van der Waals surface area (Å²) < 4.78 is 0. The Hall–Kier alpha value is -1.93. The van der Waals surface area contributed by atoms with E-state index in [9.17, 15) is 15.0 Å². The first-order valence-electron chi connectivity index (χ1n) is 6.25. The van der Waals surface area contributed by atoms with Crippen LogP contribution in [0.4, 0.5) is 0 Å². The highest BCUT2D eigenvalue weighted by atomic mass is 16.4. The lowest BCUT2D eigenvalue weighted by Crippen LogP contribution is -2.48. The molecular weight excluding hydrogens is 256 g/mol. The molecule has 1 aromatic rings. The highest BCUT2D eigenvalue weighted by Gasteiger charge is 2.48. The fraction of sp³-hybridized carbons (Fsp3) is 0.312. The summed E-state index contributed by atoms with van der Waals surface area (Å²) in [5.74, 6) is 4.79. The monoisotopic (exact) mass is 272 g/mol. The number of carbonyl (C=O) groups excluding carboxylic acids is 1. The summed E-state index contributed by atoms with van der Waals surface area (Å²) in [6, 6.07) is 5.80. The summed E-state index contributed by atoms with van der Waals surface area (Å²) in [4.78, 5) is 11.9. The predicted molar refractivity (Wildman–Crippen MR) is 73.9 cm³/mol. The number of aliphatic hydroxyl groups excluding tert-OH is 2. The van der Waals surface area contributed by atoms with E-state index in [1.165, 1.54) is 6.08 Å². The zero-order valence-electron chi connectivity index (χ0n) is 11.3. The normalized spacial score (nSPS) is 25.1. The SMILES string of the molecule is Cc1ccc(C)c(C#CC2=C[C@H](O)[C@@](O)(CO)C2=O)c1. The van der Waals surface area contributed by atoms with Crippen molar-refractivity contribution in [3.63, 3.8) is 0 Å². The molecule has 0 aliphatic heterocycles. The Morgan fingerprint density at radius 3 is 2.60 bits per heavy atom. The van der Waals surface area contributed by atoms with E-state index in [-0.39, 0.29) is 5.57 Å². The van der Waals surface area contributed by atoms with Crippen LogP contribution in [-0.4, -0.2) is 39.4 Å². The molecule has 2 rings (SSSR count). The second-order valence-electron chi connectivity index (χ2n) is 5.01. The second kappa shape index (κ2) is 5.22. The molecule has 0 unspecified atom stereocenters. The zero-order valence-corrected chi connectivity index (χ0v) is 11.3. The summed E-state index contributed by atoms with van der Waals surface area (Å²) >= 11 is 0. The van der Waals surface area contributed by atoms with Gasteiger partial charge in [-0.1, -0.05) is 24.0 Å². The first-order valence-corrected chi connectivity index (χ1v) is 6.25. The molecule has 104 valence electrons. The highest BCUT2D eigenvalue weighted by molar-refractivity contribution is 6.08. The van der Waals surface area contributed by atoms with Gasteiger partial charge in [-0.25, -0.2) is 0 Å². The standard InChI is InChI=1S/C16H16O4/c1-10-3-4-11(2)12(7-10)5-6-13-8-14(18)16(20,9-17)15(13)19/h3-4,7-8,14,17-18,20H,9H2,1-2H3/t14-,16-/m0/s1. The number of hydrogen-bond acceptors (Lipinski definition) is 4. The lowest BCUT2D eigenvalue weighted by atomic mass is 9.97. The van der Waals surface area contributed by atoms with Gasteiger partial charge in [0.15, 0.2) is 5.60 Å². The van der Waals surface area contributed by atoms with Crippen LogP contribution in [0.15, 0.2) is 29.8 Å². The predicted octanol–water partition coefficient (Wildman–Crippen LogP) is 0.248. The number of aliphatic hydroxyl groups is 3. The number of aryl methyl sites for hydroxylation is 2. The number of rotatable bonds is 1. The van der Waals surface area contributed by atoms with Crippen molar-refractivity contribution in [1.82, 2.24) is 0 Å². The lowest BCUT2D eigenvalue weighted by Gasteiger charge is -2.21. The van der Waals surface area contributed by atoms with Crippen LogP contribution in [0, 0.1) is 25.7 Å². The van der Waals surface area contributed by atoms with Gasteiger partial charge in [-0.15, -0.1) is 0 Å². The molecule has 20 heavy (non-hydrogen) atoms. The molecular formula is C16H16O4. The van der Waals surface area contributed by atoms with Crippen LogP contribution in [0.3, 0.4) is 0 Å². The van der Waals surface area contributed by atoms with Crippen LogP contribution >= 0.6 is 0 Å². The molecule has 4 nitrogen and oxygen atoms in total. The number of hydrogen-bond donors (Lipinski definition) is 3. The van der Waals surface area contributed by atoms with Crippen molar-refractivity contribution in [2.75, 3.05) is 6.61 Å². The van der Waals surface area contributed by atoms with Gasteiger partial charge >= 0.3 is 0 Å². The van der Waals surface area contributed by atoms with Crippen molar-refractivity contribution in [3.05, 3.63) is 46.5 Å². The van der Waals surface area contributed by atoms with E-state index in [4.69, 9.17) is 5.11 Å². The topological polar surface area (TPSA) is 77.8 Å². The maximum absolute atomic E-state index is 11.9. The minimum absolute atomic E-state index is 0.0231. The van der Waals surface area contributed by atoms with Gasteiger partial charge in [0.05, 0.1) is 12.2 Å². The molecule has 1 aromatic carbocycles. The zero-order chi connectivity index (χ0) is 14.9. The highest BCUT2D eigenvalue weighted by Crippen LogP contribution is 2.25. The minimum atomic E-state index is -2.16. The van der Waals surface area contributed by atoms with Crippen LogP contribution in [0.5, 0.6) is 0 Å². The second-order valence-corrected chi connectivity index (χ2v) is 5.01. The summed E-state index contributed by atoms with van der Waals surface area (Å²) in [6.45, 7) is 3.02. The van der Waals surface area contributed by atoms with Gasteiger partial charge in [-0.3, -0.25) is 4.79 Å². The fourth-order valence-corrected chi connectivity index (χ4v) is 2.01. The Bertz CT molecular complexity index is 648. The largest absolute Gasteiger partial charge is 0.393 e. The van der Waals surface area contributed by atoms with Crippen molar-refractivity contribution >= 4 is 5.78 Å². The number of Topliss-reactive ketones (excluding diaryl/α,β-unsaturated/α-hetero) is 1. The first kappa shape index (κ1) is 14.5. The third-order valence-corrected chi connectivity index (χ3v) is 3.42. The molecule has 0 saturated carbocycles. The van der Waals surface area contributed by atoms with E-state index in [0.717, 1.165) is 16.7 Å². The third-order valence-electron chi connectivity index (χ3n) is 3.42. The van der Waals surface area contributed by atoms with E-state index in [0.29, 0.717) is 0 Å². The van der Waals surface area contributed by atoms with Crippen molar-refractivity contribution in [3.8, 4) is 11.8 Å². The third kappa shape index (κ3) is 2.39. The van der Waals surface area contributed by atoms with Gasteiger partial charge in [0, 0.05) is 5.56 Å². The van der Waals surface area contributed by atoms with E-state index in [1.807, 2.05) is 32.0 Å². The first-order chi connectivity index (χ1) is 9.38. The molecule has 0 amide bonds. The summed E-state index contributed by atoms with van der Waals surface area (Å²) in [5, 5.41) is 28.5. The average molecular weight is 272 g/mol. The molecule has 0 aromatic heterocycles. The quantitative estimate of drug-likeness (QED) is 0.640. The Morgan fingerprint density at radius 1 is 1.30 bits per heavy atom. The van der Waals surface area contributed by atoms with Crippen molar-refractivity contribution in [1.29, 1.82) is 0 Å². The Balaban J connectivity index is 2.33. The van der Waals surface area contributed by atoms with Gasteiger partial charge in [0.25, 0.3) is 0 Å². The molecule has 0 radical (unpaired) electrons.